The van der Waals surface area contributed by atoms with Crippen LogP contribution in [-0.2, 0) is 0 Å². The molecule has 1 aliphatic heterocycles. The molecule has 0 amide bonds. The molecule has 5 nitrogen and oxygen atoms in total. The summed E-state index contributed by atoms with van der Waals surface area (Å²) < 4.78 is 0. The molecule has 2 rings (SSSR count). The lowest BCUT2D eigenvalue weighted by atomic mass is 10.2. The normalized spacial score (nSPS) is 16.0. The summed E-state index contributed by atoms with van der Waals surface area (Å²) in [5.41, 5.74) is 2.70. The van der Waals surface area contributed by atoms with Crippen molar-refractivity contribution in [2.24, 2.45) is 4.99 Å². The number of aryl methyl sites for hydroxylation is 1. The minimum atomic E-state index is 0. The highest BCUT2D eigenvalue weighted by Crippen LogP contribution is 2.17. The number of benzene rings is 1. The van der Waals surface area contributed by atoms with E-state index in [0.29, 0.717) is 0 Å². The molecule has 0 aromatic heterocycles. The van der Waals surface area contributed by atoms with Crippen LogP contribution in [0.4, 0.5) is 5.69 Å². The first-order valence-electron chi connectivity index (χ1n) is 8.15. The van der Waals surface area contributed by atoms with E-state index in [1.54, 1.807) is 7.05 Å². The third kappa shape index (κ3) is 6.55. The first-order valence-corrected chi connectivity index (χ1v) is 8.15. The number of guanidine groups is 1. The van der Waals surface area contributed by atoms with Crippen molar-refractivity contribution in [3.8, 4) is 0 Å². The van der Waals surface area contributed by atoms with Crippen molar-refractivity contribution in [1.82, 2.24) is 15.5 Å². The highest BCUT2D eigenvalue weighted by atomic mass is 127. The van der Waals surface area contributed by atoms with Crippen molar-refractivity contribution in [1.29, 1.82) is 0 Å². The van der Waals surface area contributed by atoms with Gasteiger partial charge < -0.3 is 15.5 Å². The second kappa shape index (κ2) is 10.7. The summed E-state index contributed by atoms with van der Waals surface area (Å²) in [7, 11) is 3.68. The average molecular weight is 431 g/mol. The van der Waals surface area contributed by atoms with Crippen molar-refractivity contribution in [2.75, 3.05) is 58.3 Å². The summed E-state index contributed by atoms with van der Waals surface area (Å²) in [6.07, 6.45) is 1.14. The van der Waals surface area contributed by atoms with E-state index in [9.17, 15) is 0 Å². The summed E-state index contributed by atoms with van der Waals surface area (Å²) in [6.45, 7) is 8.81. The summed E-state index contributed by atoms with van der Waals surface area (Å²) >= 11 is 0. The smallest absolute Gasteiger partial charge is 0.190 e. The fourth-order valence-electron chi connectivity index (χ4n) is 2.84. The molecule has 1 heterocycles. The largest absolute Gasteiger partial charge is 0.369 e. The Morgan fingerprint density at radius 1 is 1.22 bits per heavy atom. The van der Waals surface area contributed by atoms with Gasteiger partial charge in [-0.2, -0.15) is 0 Å². The molecule has 0 atom stereocenters. The third-order valence-electron chi connectivity index (χ3n) is 4.14. The number of nitrogens with one attached hydrogen (secondary N) is 2. The Labute approximate surface area is 157 Å². The molecular formula is C17H30IN5. The number of nitrogens with zero attached hydrogens (tertiary/aromatic N) is 3. The van der Waals surface area contributed by atoms with Gasteiger partial charge in [0.25, 0.3) is 0 Å². The Kier molecular flexibility index (Phi) is 9.31. The van der Waals surface area contributed by atoms with Gasteiger partial charge in [0, 0.05) is 52.5 Å². The zero-order chi connectivity index (χ0) is 15.8. The van der Waals surface area contributed by atoms with Crippen molar-refractivity contribution >= 4 is 35.6 Å². The second-order valence-electron chi connectivity index (χ2n) is 5.77. The van der Waals surface area contributed by atoms with Crippen molar-refractivity contribution in [3.05, 3.63) is 29.8 Å². The maximum absolute atomic E-state index is 4.12. The maximum Gasteiger partial charge on any atom is 0.190 e. The SMILES string of the molecule is CN=C(NC)NCCCN1CCN(c2cccc(C)c2)CC1.I. The Bertz CT molecular complexity index is 484. The number of halogens is 1. The van der Waals surface area contributed by atoms with E-state index >= 15 is 0 Å². The van der Waals surface area contributed by atoms with Gasteiger partial charge in [-0.1, -0.05) is 12.1 Å². The first kappa shape index (κ1) is 20.0. The van der Waals surface area contributed by atoms with Crippen molar-refractivity contribution in [2.45, 2.75) is 13.3 Å². The topological polar surface area (TPSA) is 42.9 Å². The zero-order valence-electron chi connectivity index (χ0n) is 14.5. The predicted molar refractivity (Wildman–Crippen MR) is 110 cm³/mol. The summed E-state index contributed by atoms with van der Waals surface area (Å²) in [4.78, 5) is 9.16. The fraction of sp³-hybridized carbons (Fsp3) is 0.588. The molecule has 0 unspecified atom stereocenters. The van der Waals surface area contributed by atoms with Crippen LogP contribution in [-0.4, -0.2) is 64.2 Å². The second-order valence-corrected chi connectivity index (χ2v) is 5.77. The molecule has 0 saturated carbocycles. The van der Waals surface area contributed by atoms with Crippen LogP contribution in [0.15, 0.2) is 29.3 Å². The van der Waals surface area contributed by atoms with Gasteiger partial charge in [-0.3, -0.25) is 9.89 Å². The van der Waals surface area contributed by atoms with Crippen LogP contribution >= 0.6 is 24.0 Å². The summed E-state index contributed by atoms with van der Waals surface area (Å²) in [5, 5.41) is 6.34. The third-order valence-corrected chi connectivity index (χ3v) is 4.14. The number of anilines is 1. The van der Waals surface area contributed by atoms with E-state index in [1.165, 1.54) is 11.3 Å². The van der Waals surface area contributed by atoms with Gasteiger partial charge in [-0.25, -0.2) is 0 Å². The molecule has 0 radical (unpaired) electrons. The molecule has 130 valence electrons. The van der Waals surface area contributed by atoms with E-state index in [2.05, 4.69) is 56.6 Å². The minimum absolute atomic E-state index is 0. The lowest BCUT2D eigenvalue weighted by molar-refractivity contribution is 0.255. The van der Waals surface area contributed by atoms with Crippen LogP contribution in [0.1, 0.15) is 12.0 Å². The standard InChI is InChI=1S/C17H29N5.HI/c1-15-6-4-7-16(14-15)22-12-10-21(11-13-22)9-5-8-20-17(18-2)19-3;/h4,6-7,14H,5,8-13H2,1-3H3,(H2,18,19,20);1H. The Balaban J connectivity index is 0.00000264. The fourth-order valence-corrected chi connectivity index (χ4v) is 2.84. The molecule has 1 fully saturated rings. The summed E-state index contributed by atoms with van der Waals surface area (Å²) in [6, 6.07) is 8.81. The van der Waals surface area contributed by atoms with E-state index < -0.39 is 0 Å². The molecule has 0 bridgehead atoms. The minimum Gasteiger partial charge on any atom is -0.369 e. The maximum atomic E-state index is 4.12. The summed E-state index contributed by atoms with van der Waals surface area (Å²) in [5.74, 6) is 0.865. The molecule has 1 aromatic carbocycles. The number of hydrogen-bond acceptors (Lipinski definition) is 3. The van der Waals surface area contributed by atoms with Gasteiger partial charge in [0.1, 0.15) is 0 Å². The molecule has 2 N–H and O–H groups in total. The Morgan fingerprint density at radius 2 is 1.96 bits per heavy atom. The van der Waals surface area contributed by atoms with Gasteiger partial charge >= 0.3 is 0 Å². The highest BCUT2D eigenvalue weighted by molar-refractivity contribution is 14.0. The number of piperazine rings is 1. The van der Waals surface area contributed by atoms with Gasteiger partial charge in [-0.15, -0.1) is 24.0 Å². The number of hydrogen-bond donors (Lipinski definition) is 2. The molecule has 0 aliphatic carbocycles. The molecule has 23 heavy (non-hydrogen) atoms. The lowest BCUT2D eigenvalue weighted by Gasteiger charge is -2.36. The van der Waals surface area contributed by atoms with E-state index in [0.717, 1.165) is 51.6 Å². The van der Waals surface area contributed by atoms with Crippen LogP contribution in [0.2, 0.25) is 0 Å². The van der Waals surface area contributed by atoms with Crippen LogP contribution in [0, 0.1) is 6.92 Å². The van der Waals surface area contributed by atoms with Crippen LogP contribution in [0.25, 0.3) is 0 Å². The molecule has 1 saturated heterocycles. The monoisotopic (exact) mass is 431 g/mol. The van der Waals surface area contributed by atoms with E-state index in [4.69, 9.17) is 0 Å². The predicted octanol–water partition coefficient (Wildman–Crippen LogP) is 1.92. The van der Waals surface area contributed by atoms with Gasteiger partial charge in [-0.05, 0) is 37.6 Å². The Morgan fingerprint density at radius 3 is 2.57 bits per heavy atom. The Hall–Kier alpha value is -1.02. The van der Waals surface area contributed by atoms with Crippen LogP contribution in [0.5, 0.6) is 0 Å². The quantitative estimate of drug-likeness (QED) is 0.324. The molecule has 6 heteroatoms. The molecule has 0 spiro atoms. The van der Waals surface area contributed by atoms with Crippen molar-refractivity contribution < 1.29 is 0 Å². The number of rotatable bonds is 5. The van der Waals surface area contributed by atoms with E-state index in [-0.39, 0.29) is 24.0 Å². The first-order chi connectivity index (χ1) is 10.7. The number of aliphatic imine (C=N–C) groups is 1. The van der Waals surface area contributed by atoms with Crippen molar-refractivity contribution in [3.63, 3.8) is 0 Å². The van der Waals surface area contributed by atoms with Crippen LogP contribution < -0.4 is 15.5 Å². The highest BCUT2D eigenvalue weighted by Gasteiger charge is 2.16. The van der Waals surface area contributed by atoms with Gasteiger partial charge in [0.05, 0.1) is 0 Å². The van der Waals surface area contributed by atoms with Gasteiger partial charge in [0.2, 0.25) is 0 Å². The van der Waals surface area contributed by atoms with E-state index in [1.807, 2.05) is 7.05 Å². The molecular weight excluding hydrogens is 401 g/mol. The lowest BCUT2D eigenvalue weighted by Crippen LogP contribution is -2.47. The van der Waals surface area contributed by atoms with Gasteiger partial charge in [0.15, 0.2) is 5.96 Å². The van der Waals surface area contributed by atoms with Crippen LogP contribution in [0.3, 0.4) is 0 Å². The molecule has 1 aliphatic rings. The zero-order valence-corrected chi connectivity index (χ0v) is 16.8. The average Bonchev–Trinajstić information content (AvgIpc) is 2.55. The molecule has 1 aromatic rings.